The van der Waals surface area contributed by atoms with Crippen molar-refractivity contribution in [3.8, 4) is 0 Å². The molecule has 0 saturated carbocycles. The van der Waals surface area contributed by atoms with Crippen LogP contribution in [0.1, 0.15) is 35.0 Å². The van der Waals surface area contributed by atoms with Crippen LogP contribution in [0.3, 0.4) is 0 Å². The van der Waals surface area contributed by atoms with E-state index in [0.29, 0.717) is 17.5 Å². The van der Waals surface area contributed by atoms with Gasteiger partial charge in [0.1, 0.15) is 0 Å². The zero-order chi connectivity index (χ0) is 18.8. The highest BCUT2D eigenvalue weighted by molar-refractivity contribution is 8.00. The molecule has 2 aromatic heterocycles. The lowest BCUT2D eigenvalue weighted by Gasteiger charge is -2.10. The molecule has 0 spiro atoms. The van der Waals surface area contributed by atoms with Crippen LogP contribution in [0.4, 0.5) is 0 Å². The zero-order valence-corrected chi connectivity index (χ0v) is 16.5. The van der Waals surface area contributed by atoms with Gasteiger partial charge in [0, 0.05) is 17.9 Å². The third-order valence-corrected chi connectivity index (χ3v) is 5.43. The van der Waals surface area contributed by atoms with Gasteiger partial charge in [0.15, 0.2) is 0 Å². The van der Waals surface area contributed by atoms with Gasteiger partial charge < -0.3 is 5.32 Å². The third kappa shape index (κ3) is 3.88. The molecule has 0 radical (unpaired) electrons. The molecule has 2 heterocycles. The highest BCUT2D eigenvalue weighted by Crippen LogP contribution is 2.21. The van der Waals surface area contributed by atoms with E-state index < -0.39 is 0 Å². The quantitative estimate of drug-likeness (QED) is 0.700. The van der Waals surface area contributed by atoms with E-state index in [1.165, 1.54) is 17.3 Å². The lowest BCUT2D eigenvalue weighted by molar-refractivity contribution is -0.120. The van der Waals surface area contributed by atoms with Crippen molar-refractivity contribution < 1.29 is 4.79 Å². The van der Waals surface area contributed by atoms with Gasteiger partial charge in [-0.1, -0.05) is 41.6 Å². The lowest BCUT2D eigenvalue weighted by Crippen LogP contribution is -2.30. The summed E-state index contributed by atoms with van der Waals surface area (Å²) in [7, 11) is 0. The molecule has 7 heteroatoms. The van der Waals surface area contributed by atoms with Gasteiger partial charge >= 0.3 is 0 Å². The summed E-state index contributed by atoms with van der Waals surface area (Å²) < 4.78 is 1.74. The number of benzene rings is 1. The summed E-state index contributed by atoms with van der Waals surface area (Å²) in [6, 6.07) is 8.13. The zero-order valence-electron chi connectivity index (χ0n) is 15.7. The number of fused-ring (bicyclic) bond motifs is 1. The number of nitrogens with zero attached hydrogens (tertiary/aromatic N) is 4. The fourth-order valence-electron chi connectivity index (χ4n) is 2.54. The monoisotopic (exact) mass is 369 g/mol. The second kappa shape index (κ2) is 7.45. The molecule has 0 saturated heterocycles. The van der Waals surface area contributed by atoms with Gasteiger partial charge in [0.2, 0.25) is 11.1 Å². The number of thioether (sulfide) groups is 1. The number of amides is 1. The minimum absolute atomic E-state index is 0.0357. The molecule has 26 heavy (non-hydrogen) atoms. The normalized spacial score (nSPS) is 12.3. The smallest absolute Gasteiger partial charge is 0.253 e. The Morgan fingerprint density at radius 2 is 1.85 bits per heavy atom. The summed E-state index contributed by atoms with van der Waals surface area (Å²) in [4.78, 5) is 21.3. The number of nitrogens with one attached hydrogen (secondary N) is 1. The molecule has 1 amide bonds. The average molecular weight is 369 g/mol. The molecular formula is C19H23N5OS. The number of aryl methyl sites for hydroxylation is 3. The average Bonchev–Trinajstić information content (AvgIpc) is 3.01. The number of hydrogen-bond donors (Lipinski definition) is 1. The van der Waals surface area contributed by atoms with E-state index in [2.05, 4.69) is 20.4 Å². The van der Waals surface area contributed by atoms with Crippen LogP contribution in [0.15, 0.2) is 29.4 Å². The Morgan fingerprint density at radius 3 is 2.54 bits per heavy atom. The molecule has 0 bridgehead atoms. The standard InChI is InChI=1S/C19H23N5OS/c1-11-6-8-16(9-7-11)10-20-17(25)15(5)26-19-22-18-21-13(3)12(2)14(4)24(18)23-19/h6-9,15H,10H2,1-5H3,(H,20,25)/t15-/m1/s1. The second-order valence-corrected chi connectivity index (χ2v) is 7.79. The Morgan fingerprint density at radius 1 is 1.15 bits per heavy atom. The molecule has 1 aromatic carbocycles. The molecule has 136 valence electrons. The number of carbonyl (C=O) groups is 1. The maximum absolute atomic E-state index is 12.4. The molecule has 1 atom stereocenters. The topological polar surface area (TPSA) is 72.2 Å². The van der Waals surface area contributed by atoms with Crippen molar-refractivity contribution in [2.24, 2.45) is 0 Å². The van der Waals surface area contributed by atoms with Crippen molar-refractivity contribution in [1.29, 1.82) is 0 Å². The summed E-state index contributed by atoms with van der Waals surface area (Å²) in [6.07, 6.45) is 0. The fraction of sp³-hybridized carbons (Fsp3) is 0.368. The molecule has 0 fully saturated rings. The van der Waals surface area contributed by atoms with E-state index in [1.807, 2.05) is 58.9 Å². The van der Waals surface area contributed by atoms with Gasteiger partial charge in [-0.3, -0.25) is 4.79 Å². The Kier molecular flexibility index (Phi) is 5.27. The molecule has 1 N–H and O–H groups in total. The number of carbonyl (C=O) groups excluding carboxylic acids is 1. The van der Waals surface area contributed by atoms with Crippen LogP contribution in [-0.2, 0) is 11.3 Å². The van der Waals surface area contributed by atoms with Gasteiger partial charge in [0.05, 0.1) is 5.25 Å². The fourth-order valence-corrected chi connectivity index (χ4v) is 3.31. The first-order valence-corrected chi connectivity index (χ1v) is 9.43. The van der Waals surface area contributed by atoms with E-state index in [4.69, 9.17) is 0 Å². The third-order valence-electron chi connectivity index (χ3n) is 4.48. The molecule has 0 aliphatic carbocycles. The van der Waals surface area contributed by atoms with Gasteiger partial charge in [-0.05, 0) is 45.7 Å². The summed E-state index contributed by atoms with van der Waals surface area (Å²) >= 11 is 1.34. The van der Waals surface area contributed by atoms with Crippen LogP contribution >= 0.6 is 11.8 Å². The van der Waals surface area contributed by atoms with Gasteiger partial charge in [-0.2, -0.15) is 4.98 Å². The maximum Gasteiger partial charge on any atom is 0.253 e. The van der Waals surface area contributed by atoms with E-state index in [-0.39, 0.29) is 11.2 Å². The lowest BCUT2D eigenvalue weighted by atomic mass is 10.1. The first-order chi connectivity index (χ1) is 12.3. The van der Waals surface area contributed by atoms with E-state index in [1.54, 1.807) is 4.52 Å². The highest BCUT2D eigenvalue weighted by Gasteiger charge is 2.18. The predicted octanol–water partition coefficient (Wildman–Crippen LogP) is 3.15. The van der Waals surface area contributed by atoms with Gasteiger partial charge in [-0.25, -0.2) is 9.50 Å². The SMILES string of the molecule is Cc1ccc(CNC(=O)[C@@H](C)Sc2nc3nc(C)c(C)c(C)n3n2)cc1. The highest BCUT2D eigenvalue weighted by atomic mass is 32.2. The summed E-state index contributed by atoms with van der Waals surface area (Å²) in [5, 5.41) is 7.72. The Bertz CT molecular complexity index is 949. The minimum atomic E-state index is -0.291. The van der Waals surface area contributed by atoms with Crippen LogP contribution in [0, 0.1) is 27.7 Å². The number of hydrogen-bond acceptors (Lipinski definition) is 5. The maximum atomic E-state index is 12.4. The summed E-state index contributed by atoms with van der Waals surface area (Å²) in [5.74, 6) is 0.534. The Balaban J connectivity index is 1.66. The van der Waals surface area contributed by atoms with Crippen molar-refractivity contribution in [2.45, 2.75) is 51.6 Å². The molecular weight excluding hydrogens is 346 g/mol. The van der Waals surface area contributed by atoms with Crippen molar-refractivity contribution in [3.05, 3.63) is 52.3 Å². The predicted molar refractivity (Wildman–Crippen MR) is 103 cm³/mol. The van der Waals surface area contributed by atoms with Crippen LogP contribution in [-0.4, -0.2) is 30.7 Å². The van der Waals surface area contributed by atoms with Crippen molar-refractivity contribution in [1.82, 2.24) is 24.9 Å². The minimum Gasteiger partial charge on any atom is -0.351 e. The van der Waals surface area contributed by atoms with Crippen LogP contribution in [0.25, 0.3) is 5.78 Å². The molecule has 3 rings (SSSR count). The Hall–Kier alpha value is -2.41. The summed E-state index contributed by atoms with van der Waals surface area (Å²) in [6.45, 7) is 10.4. The largest absolute Gasteiger partial charge is 0.351 e. The van der Waals surface area contributed by atoms with Crippen molar-refractivity contribution in [2.75, 3.05) is 0 Å². The van der Waals surface area contributed by atoms with Crippen LogP contribution in [0.5, 0.6) is 0 Å². The first-order valence-electron chi connectivity index (χ1n) is 8.55. The molecule has 0 unspecified atom stereocenters. The van der Waals surface area contributed by atoms with E-state index in [9.17, 15) is 4.79 Å². The van der Waals surface area contributed by atoms with Crippen LogP contribution < -0.4 is 5.32 Å². The molecule has 6 nitrogen and oxygen atoms in total. The van der Waals surface area contributed by atoms with E-state index >= 15 is 0 Å². The van der Waals surface area contributed by atoms with Gasteiger partial charge in [-0.15, -0.1) is 5.10 Å². The molecule has 0 aliphatic heterocycles. The van der Waals surface area contributed by atoms with Crippen molar-refractivity contribution >= 4 is 23.4 Å². The number of aromatic nitrogens is 4. The molecule has 0 aliphatic rings. The van der Waals surface area contributed by atoms with Crippen LogP contribution in [0.2, 0.25) is 0 Å². The van der Waals surface area contributed by atoms with Crippen molar-refractivity contribution in [3.63, 3.8) is 0 Å². The van der Waals surface area contributed by atoms with E-state index in [0.717, 1.165) is 22.5 Å². The summed E-state index contributed by atoms with van der Waals surface area (Å²) in [5.41, 5.74) is 5.35. The molecule has 3 aromatic rings. The first kappa shape index (κ1) is 18.4. The number of rotatable bonds is 5. The second-order valence-electron chi connectivity index (χ2n) is 6.48. The van der Waals surface area contributed by atoms with Gasteiger partial charge in [0.25, 0.3) is 5.78 Å². The Labute approximate surface area is 157 Å².